The molecular weight excluding hydrogens is 478 g/mol. The van der Waals surface area contributed by atoms with Crippen molar-refractivity contribution < 1.29 is 14.3 Å². The van der Waals surface area contributed by atoms with Crippen LogP contribution in [0.15, 0.2) is 71.1 Å². The first-order valence-electron chi connectivity index (χ1n) is 10.1. The quantitative estimate of drug-likeness (QED) is 0.278. The summed E-state index contributed by atoms with van der Waals surface area (Å²) in [5.41, 5.74) is 2.52. The number of rotatable bonds is 8. The molecule has 0 radical (unpaired) electrons. The number of fused-ring (bicyclic) bond motifs is 1. The molecule has 2 amide bonds. The van der Waals surface area contributed by atoms with Gasteiger partial charge in [0.2, 0.25) is 5.91 Å². The van der Waals surface area contributed by atoms with E-state index in [0.29, 0.717) is 34.3 Å². The third-order valence-electron chi connectivity index (χ3n) is 4.53. The number of hydrogen-bond donors (Lipinski definition) is 2. The summed E-state index contributed by atoms with van der Waals surface area (Å²) in [6.07, 6.45) is 0. The number of nitrogens with zero attached hydrogens (tertiary/aromatic N) is 1. The Kier molecular flexibility index (Phi) is 7.49. The van der Waals surface area contributed by atoms with Crippen LogP contribution in [-0.2, 0) is 4.79 Å². The lowest BCUT2D eigenvalue weighted by Gasteiger charge is -2.10. The SMILES string of the molecule is CCOc1ccccc1NC(=O)CSc1nc2ccc(NC(=O)c3ccccc3Cl)cc2s1. The van der Waals surface area contributed by atoms with Gasteiger partial charge in [-0.2, -0.15) is 0 Å². The molecule has 0 saturated heterocycles. The van der Waals surface area contributed by atoms with E-state index < -0.39 is 0 Å². The highest BCUT2D eigenvalue weighted by atomic mass is 35.5. The fourth-order valence-corrected chi connectivity index (χ4v) is 5.18. The van der Waals surface area contributed by atoms with Gasteiger partial charge in [-0.3, -0.25) is 9.59 Å². The predicted octanol–water partition coefficient (Wildman–Crippen LogP) is 6.33. The second-order valence-electron chi connectivity index (χ2n) is 6.86. The van der Waals surface area contributed by atoms with Gasteiger partial charge in [0.1, 0.15) is 5.75 Å². The van der Waals surface area contributed by atoms with Crippen molar-refractivity contribution in [3.8, 4) is 5.75 Å². The largest absolute Gasteiger partial charge is 0.492 e. The van der Waals surface area contributed by atoms with Crippen LogP contribution in [-0.4, -0.2) is 29.2 Å². The van der Waals surface area contributed by atoms with Crippen molar-refractivity contribution in [3.63, 3.8) is 0 Å². The van der Waals surface area contributed by atoms with Gasteiger partial charge in [0.15, 0.2) is 4.34 Å². The number of anilines is 2. The lowest BCUT2D eigenvalue weighted by atomic mass is 10.2. The van der Waals surface area contributed by atoms with Crippen molar-refractivity contribution in [2.24, 2.45) is 0 Å². The van der Waals surface area contributed by atoms with Crippen LogP contribution < -0.4 is 15.4 Å². The summed E-state index contributed by atoms with van der Waals surface area (Å²) in [5, 5.41) is 6.15. The van der Waals surface area contributed by atoms with Crippen LogP contribution in [0.1, 0.15) is 17.3 Å². The van der Waals surface area contributed by atoms with Gasteiger partial charge in [0.25, 0.3) is 5.91 Å². The number of para-hydroxylation sites is 2. The Bertz CT molecular complexity index is 1310. The maximum absolute atomic E-state index is 12.5. The number of ether oxygens (including phenoxy) is 1. The van der Waals surface area contributed by atoms with Crippen molar-refractivity contribution >= 4 is 68.1 Å². The van der Waals surface area contributed by atoms with Crippen LogP contribution in [0.2, 0.25) is 5.02 Å². The Morgan fingerprint density at radius 1 is 1.06 bits per heavy atom. The Balaban J connectivity index is 1.39. The Labute approximate surface area is 204 Å². The highest BCUT2D eigenvalue weighted by Gasteiger charge is 2.13. The minimum absolute atomic E-state index is 0.140. The zero-order valence-electron chi connectivity index (χ0n) is 17.6. The Morgan fingerprint density at radius 3 is 2.67 bits per heavy atom. The third-order valence-corrected chi connectivity index (χ3v) is 7.02. The highest BCUT2D eigenvalue weighted by Crippen LogP contribution is 2.32. The fourth-order valence-electron chi connectivity index (χ4n) is 3.05. The van der Waals surface area contributed by atoms with Crippen LogP contribution in [0.5, 0.6) is 5.75 Å². The smallest absolute Gasteiger partial charge is 0.257 e. The van der Waals surface area contributed by atoms with E-state index in [2.05, 4.69) is 15.6 Å². The first-order chi connectivity index (χ1) is 16.0. The van der Waals surface area contributed by atoms with Gasteiger partial charge in [-0.15, -0.1) is 11.3 Å². The molecule has 4 aromatic rings. The summed E-state index contributed by atoms with van der Waals surface area (Å²) >= 11 is 8.94. The molecule has 0 aliphatic carbocycles. The van der Waals surface area contributed by atoms with Gasteiger partial charge in [-0.05, 0) is 49.4 Å². The first kappa shape index (κ1) is 23.1. The molecule has 0 aliphatic rings. The predicted molar refractivity (Wildman–Crippen MR) is 136 cm³/mol. The molecule has 0 saturated carbocycles. The summed E-state index contributed by atoms with van der Waals surface area (Å²) in [6.45, 7) is 2.42. The standard InChI is InChI=1S/C24H20ClN3O3S2/c1-2-31-20-10-6-5-9-18(20)27-22(29)14-32-24-28-19-12-11-15(13-21(19)33-24)26-23(30)16-7-3-4-8-17(16)25/h3-13H,2,14H2,1H3,(H,26,30)(H,27,29). The molecule has 1 heterocycles. The Hall–Kier alpha value is -3.07. The molecule has 4 rings (SSSR count). The van der Waals surface area contributed by atoms with Crippen molar-refractivity contribution in [1.82, 2.24) is 4.98 Å². The maximum atomic E-state index is 12.5. The number of amides is 2. The van der Waals surface area contributed by atoms with Gasteiger partial charge in [0.05, 0.1) is 38.8 Å². The lowest BCUT2D eigenvalue weighted by Crippen LogP contribution is -2.14. The van der Waals surface area contributed by atoms with Gasteiger partial charge in [0, 0.05) is 5.69 Å². The summed E-state index contributed by atoms with van der Waals surface area (Å²) in [7, 11) is 0. The molecule has 3 aromatic carbocycles. The minimum atomic E-state index is -0.275. The molecule has 0 bridgehead atoms. The number of nitrogens with one attached hydrogen (secondary N) is 2. The number of aromatic nitrogens is 1. The fraction of sp³-hybridized carbons (Fsp3) is 0.125. The van der Waals surface area contributed by atoms with Crippen LogP contribution in [0.4, 0.5) is 11.4 Å². The van der Waals surface area contributed by atoms with Gasteiger partial charge in [-0.25, -0.2) is 4.98 Å². The molecule has 2 N–H and O–H groups in total. The van der Waals surface area contributed by atoms with Crippen molar-refractivity contribution in [1.29, 1.82) is 0 Å². The molecule has 1 aromatic heterocycles. The number of thiazole rings is 1. The number of thioether (sulfide) groups is 1. The average Bonchev–Trinajstić information content (AvgIpc) is 3.22. The molecule has 0 aliphatic heterocycles. The van der Waals surface area contributed by atoms with Crippen LogP contribution in [0.3, 0.4) is 0 Å². The first-order valence-corrected chi connectivity index (χ1v) is 12.3. The normalized spacial score (nSPS) is 10.7. The summed E-state index contributed by atoms with van der Waals surface area (Å²) in [4.78, 5) is 29.5. The average molecular weight is 498 g/mol. The topological polar surface area (TPSA) is 80.3 Å². The van der Waals surface area contributed by atoms with E-state index in [1.54, 1.807) is 30.3 Å². The van der Waals surface area contributed by atoms with Crippen LogP contribution >= 0.6 is 34.7 Å². The van der Waals surface area contributed by atoms with Crippen molar-refractivity contribution in [2.75, 3.05) is 23.0 Å². The van der Waals surface area contributed by atoms with Crippen LogP contribution in [0, 0.1) is 0 Å². The molecule has 0 unspecified atom stereocenters. The monoisotopic (exact) mass is 497 g/mol. The van der Waals surface area contributed by atoms with Crippen molar-refractivity contribution in [2.45, 2.75) is 11.3 Å². The second kappa shape index (κ2) is 10.7. The molecule has 0 fully saturated rings. The molecule has 33 heavy (non-hydrogen) atoms. The molecule has 0 atom stereocenters. The molecular formula is C24H20ClN3O3S2. The zero-order valence-corrected chi connectivity index (χ0v) is 20.0. The van der Waals surface area contributed by atoms with E-state index >= 15 is 0 Å². The number of hydrogen-bond acceptors (Lipinski definition) is 6. The number of carbonyl (C=O) groups is 2. The molecule has 0 spiro atoms. The summed E-state index contributed by atoms with van der Waals surface area (Å²) in [6, 6.07) is 19.7. The maximum Gasteiger partial charge on any atom is 0.257 e. The minimum Gasteiger partial charge on any atom is -0.492 e. The highest BCUT2D eigenvalue weighted by molar-refractivity contribution is 8.01. The van der Waals surface area contributed by atoms with Gasteiger partial charge >= 0.3 is 0 Å². The van der Waals surface area contributed by atoms with Gasteiger partial charge in [-0.1, -0.05) is 47.6 Å². The number of benzene rings is 3. The Morgan fingerprint density at radius 2 is 1.85 bits per heavy atom. The summed E-state index contributed by atoms with van der Waals surface area (Å²) in [5.74, 6) is 0.447. The van der Waals surface area contributed by atoms with E-state index in [4.69, 9.17) is 16.3 Å². The lowest BCUT2D eigenvalue weighted by molar-refractivity contribution is -0.113. The van der Waals surface area contributed by atoms with E-state index in [1.165, 1.54) is 23.1 Å². The van der Waals surface area contributed by atoms with E-state index in [0.717, 1.165) is 14.6 Å². The molecule has 168 valence electrons. The molecule has 9 heteroatoms. The summed E-state index contributed by atoms with van der Waals surface area (Å²) < 4.78 is 7.23. The number of halogens is 1. The van der Waals surface area contributed by atoms with E-state index in [1.807, 2.05) is 43.3 Å². The second-order valence-corrected chi connectivity index (χ2v) is 9.52. The number of carbonyl (C=O) groups excluding carboxylic acids is 2. The van der Waals surface area contributed by atoms with E-state index in [9.17, 15) is 9.59 Å². The zero-order chi connectivity index (χ0) is 23.2. The third kappa shape index (κ3) is 5.84. The molecule has 6 nitrogen and oxygen atoms in total. The van der Waals surface area contributed by atoms with E-state index in [-0.39, 0.29) is 17.6 Å². The van der Waals surface area contributed by atoms with Crippen molar-refractivity contribution in [3.05, 3.63) is 77.3 Å². The van der Waals surface area contributed by atoms with Crippen LogP contribution in [0.25, 0.3) is 10.2 Å². The van der Waals surface area contributed by atoms with Gasteiger partial charge < -0.3 is 15.4 Å².